The van der Waals surface area contributed by atoms with Crippen LogP contribution in [0, 0.1) is 23.2 Å². The molecule has 0 unspecified atom stereocenters. The Morgan fingerprint density at radius 1 is 1.29 bits per heavy atom. The van der Waals surface area contributed by atoms with E-state index in [0.29, 0.717) is 11.8 Å². The van der Waals surface area contributed by atoms with Crippen LogP contribution in [0.5, 0.6) is 0 Å². The van der Waals surface area contributed by atoms with E-state index in [1.54, 1.807) is 0 Å². The smallest absolute Gasteiger partial charge is 0.314 e. The second-order valence-electron chi connectivity index (χ2n) is 7.12. The second-order valence-corrected chi connectivity index (χ2v) is 7.12. The molecule has 1 aliphatic heterocycles. The number of fused-ring (bicyclic) bond motifs is 4. The van der Waals surface area contributed by atoms with Gasteiger partial charge in [0.2, 0.25) is 6.29 Å². The number of esters is 1. The molecule has 0 radical (unpaired) electrons. The van der Waals surface area contributed by atoms with E-state index < -0.39 is 6.29 Å². The Balaban J connectivity index is 1.87. The summed E-state index contributed by atoms with van der Waals surface area (Å²) in [4.78, 5) is 12.2. The fraction of sp³-hybridized carbons (Fsp3) is 0.929. The molecule has 0 aromatic carbocycles. The molecular formula is C14H22O3. The molecule has 96 valence electrons. The van der Waals surface area contributed by atoms with Gasteiger partial charge in [-0.2, -0.15) is 0 Å². The SMILES string of the molecule is CC(C)(C)[C@H]1OC(=O)[C@H]2[C@@H]3CCC[C@@H]3[C@@]2(C)O1. The highest BCUT2D eigenvalue weighted by atomic mass is 16.7. The molecule has 0 spiro atoms. The quantitative estimate of drug-likeness (QED) is 0.609. The van der Waals surface area contributed by atoms with Crippen molar-refractivity contribution in [2.24, 2.45) is 23.2 Å². The lowest BCUT2D eigenvalue weighted by molar-refractivity contribution is -0.338. The van der Waals surface area contributed by atoms with Gasteiger partial charge >= 0.3 is 5.97 Å². The predicted molar refractivity (Wildman–Crippen MR) is 63.1 cm³/mol. The van der Waals surface area contributed by atoms with E-state index in [4.69, 9.17) is 9.47 Å². The number of ether oxygens (including phenoxy) is 2. The maximum atomic E-state index is 12.2. The van der Waals surface area contributed by atoms with Gasteiger partial charge in [-0.05, 0) is 31.6 Å². The summed E-state index contributed by atoms with van der Waals surface area (Å²) in [7, 11) is 0. The highest BCUT2D eigenvalue weighted by Crippen LogP contribution is 2.62. The van der Waals surface area contributed by atoms with Gasteiger partial charge in [-0.15, -0.1) is 0 Å². The monoisotopic (exact) mass is 238 g/mol. The van der Waals surface area contributed by atoms with Gasteiger partial charge in [0.15, 0.2) is 0 Å². The molecule has 3 nitrogen and oxygen atoms in total. The summed E-state index contributed by atoms with van der Waals surface area (Å²) in [6.07, 6.45) is 3.22. The minimum Gasteiger partial charge on any atom is -0.435 e. The predicted octanol–water partition coefficient (Wildman–Crippen LogP) is 2.74. The minimum absolute atomic E-state index is 0.00593. The van der Waals surface area contributed by atoms with Gasteiger partial charge in [0.05, 0.1) is 11.5 Å². The van der Waals surface area contributed by atoms with Crippen LogP contribution < -0.4 is 0 Å². The molecule has 0 bridgehead atoms. The zero-order valence-electron chi connectivity index (χ0n) is 11.2. The summed E-state index contributed by atoms with van der Waals surface area (Å²) in [5, 5.41) is 0. The summed E-state index contributed by atoms with van der Waals surface area (Å²) in [5.74, 6) is 1.06. The Hall–Kier alpha value is -0.570. The van der Waals surface area contributed by atoms with Gasteiger partial charge in [-0.25, -0.2) is 0 Å². The molecule has 3 rings (SSSR count). The van der Waals surface area contributed by atoms with Crippen LogP contribution in [0.3, 0.4) is 0 Å². The van der Waals surface area contributed by atoms with Gasteiger partial charge < -0.3 is 9.47 Å². The van der Waals surface area contributed by atoms with Crippen molar-refractivity contribution in [2.45, 2.75) is 58.8 Å². The fourth-order valence-corrected chi connectivity index (χ4v) is 3.99. The van der Waals surface area contributed by atoms with Crippen LogP contribution in [0.15, 0.2) is 0 Å². The minimum atomic E-state index is -0.391. The van der Waals surface area contributed by atoms with Crippen molar-refractivity contribution in [3.8, 4) is 0 Å². The molecule has 0 aromatic rings. The van der Waals surface area contributed by atoms with Gasteiger partial charge in [-0.1, -0.05) is 27.2 Å². The summed E-state index contributed by atoms with van der Waals surface area (Å²) >= 11 is 0. The van der Waals surface area contributed by atoms with Gasteiger partial charge in [-0.3, -0.25) is 4.79 Å². The van der Waals surface area contributed by atoms with Crippen LogP contribution in [0.25, 0.3) is 0 Å². The van der Waals surface area contributed by atoms with Crippen molar-refractivity contribution >= 4 is 5.97 Å². The van der Waals surface area contributed by atoms with Crippen molar-refractivity contribution in [2.75, 3.05) is 0 Å². The van der Waals surface area contributed by atoms with Crippen molar-refractivity contribution in [3.05, 3.63) is 0 Å². The van der Waals surface area contributed by atoms with Crippen molar-refractivity contribution in [1.82, 2.24) is 0 Å². The van der Waals surface area contributed by atoms with Crippen molar-refractivity contribution in [3.63, 3.8) is 0 Å². The number of hydrogen-bond acceptors (Lipinski definition) is 3. The summed E-state index contributed by atoms with van der Waals surface area (Å²) < 4.78 is 11.7. The van der Waals surface area contributed by atoms with Gasteiger partial charge in [0.1, 0.15) is 0 Å². The second kappa shape index (κ2) is 3.25. The molecule has 17 heavy (non-hydrogen) atoms. The first kappa shape index (κ1) is 11.5. The zero-order chi connectivity index (χ0) is 12.4. The third-order valence-electron chi connectivity index (χ3n) is 4.90. The van der Waals surface area contributed by atoms with Crippen LogP contribution in [-0.2, 0) is 14.3 Å². The lowest BCUT2D eigenvalue weighted by atomic mass is 9.55. The zero-order valence-corrected chi connectivity index (χ0v) is 11.2. The van der Waals surface area contributed by atoms with E-state index in [0.717, 1.165) is 0 Å². The normalized spacial score (nSPS) is 49.1. The first-order valence-electron chi connectivity index (χ1n) is 6.72. The number of cyclic esters (lactones) is 1. The Morgan fingerprint density at radius 3 is 2.65 bits per heavy atom. The molecule has 1 heterocycles. The lowest BCUT2D eigenvalue weighted by Gasteiger charge is -2.60. The van der Waals surface area contributed by atoms with Crippen LogP contribution in [0.2, 0.25) is 0 Å². The first-order valence-corrected chi connectivity index (χ1v) is 6.72. The average molecular weight is 238 g/mol. The average Bonchev–Trinajstić information content (AvgIpc) is 2.59. The molecule has 2 aliphatic carbocycles. The largest absolute Gasteiger partial charge is 0.435 e. The van der Waals surface area contributed by atoms with Gasteiger partial charge in [0, 0.05) is 5.41 Å². The van der Waals surface area contributed by atoms with E-state index in [1.807, 2.05) is 0 Å². The van der Waals surface area contributed by atoms with E-state index in [2.05, 4.69) is 27.7 Å². The highest BCUT2D eigenvalue weighted by Gasteiger charge is 2.68. The molecule has 0 amide bonds. The molecule has 3 heteroatoms. The Morgan fingerprint density at radius 2 is 2.00 bits per heavy atom. The standard InChI is InChI=1S/C14H22O3/c1-13(2,3)12-16-11(15)10-8-6-5-7-9(8)14(10,4)17-12/h8-10,12H,5-7H2,1-4H3/t8-,9+,10-,12+,14-/m1/s1. The number of carbonyl (C=O) groups is 1. The molecule has 3 fully saturated rings. The topological polar surface area (TPSA) is 35.5 Å². The van der Waals surface area contributed by atoms with Crippen LogP contribution in [0.4, 0.5) is 0 Å². The maximum absolute atomic E-state index is 12.2. The van der Waals surface area contributed by atoms with Crippen LogP contribution in [0.1, 0.15) is 47.0 Å². The van der Waals surface area contributed by atoms with E-state index in [9.17, 15) is 4.79 Å². The highest BCUT2D eigenvalue weighted by molar-refractivity contribution is 5.77. The van der Waals surface area contributed by atoms with E-state index >= 15 is 0 Å². The lowest BCUT2D eigenvalue weighted by Crippen LogP contribution is -2.69. The van der Waals surface area contributed by atoms with Gasteiger partial charge in [0.25, 0.3) is 0 Å². The number of rotatable bonds is 0. The third kappa shape index (κ3) is 1.41. The number of carbonyl (C=O) groups excluding carboxylic acids is 1. The number of hydrogen-bond donors (Lipinski definition) is 0. The summed E-state index contributed by atoms with van der Waals surface area (Å²) in [6.45, 7) is 8.28. The Labute approximate surface area is 103 Å². The summed E-state index contributed by atoms with van der Waals surface area (Å²) in [6, 6.07) is 0. The molecule has 0 N–H and O–H groups in total. The summed E-state index contributed by atoms with van der Waals surface area (Å²) in [5.41, 5.74) is -0.401. The molecule has 1 saturated heterocycles. The molecule has 3 aliphatic rings. The molecule has 2 saturated carbocycles. The molecule has 0 aromatic heterocycles. The third-order valence-corrected chi connectivity index (χ3v) is 4.90. The van der Waals surface area contributed by atoms with E-state index in [-0.39, 0.29) is 22.9 Å². The Bertz CT molecular complexity index is 357. The van der Waals surface area contributed by atoms with Crippen LogP contribution >= 0.6 is 0 Å². The van der Waals surface area contributed by atoms with Crippen LogP contribution in [-0.4, -0.2) is 17.9 Å². The van der Waals surface area contributed by atoms with Crippen molar-refractivity contribution in [1.29, 1.82) is 0 Å². The van der Waals surface area contributed by atoms with E-state index in [1.165, 1.54) is 19.3 Å². The van der Waals surface area contributed by atoms with Crippen molar-refractivity contribution < 1.29 is 14.3 Å². The Kier molecular flexibility index (Phi) is 2.20. The fourth-order valence-electron chi connectivity index (χ4n) is 3.99. The first-order chi connectivity index (χ1) is 7.84. The maximum Gasteiger partial charge on any atom is 0.314 e. The molecular weight excluding hydrogens is 216 g/mol. The molecule has 5 atom stereocenters.